The van der Waals surface area contributed by atoms with Crippen LogP contribution in [0.5, 0.6) is 0 Å². The lowest BCUT2D eigenvalue weighted by Gasteiger charge is -2.29. The standard InChI is InChI=1S/C32H38Cl2N6O2/c33-27-14-13-22(18-28(27)34)19-30(41)38-20-25-15-17-40(31(42)29(39-25)12-7-16-37-32(35)36)21-26(23-8-3-1-4-9-23)24-10-5-2-6-11-24/h1-6,8-11,13-14,18,25-26,29,39H,7,12,15-17,19-21H2,(H,38,41)(H4,35,36,37)/t25-,29-/m0/s1. The van der Waals surface area contributed by atoms with E-state index in [1.807, 2.05) is 41.3 Å². The maximum atomic E-state index is 13.9. The molecule has 3 aromatic carbocycles. The number of nitrogens with two attached hydrogens (primary N) is 2. The van der Waals surface area contributed by atoms with Gasteiger partial charge in [-0.15, -0.1) is 0 Å². The number of carbonyl (C=O) groups is 2. The zero-order chi connectivity index (χ0) is 29.9. The third-order valence-electron chi connectivity index (χ3n) is 7.44. The Balaban J connectivity index is 1.47. The number of amides is 2. The van der Waals surface area contributed by atoms with E-state index in [2.05, 4.69) is 39.9 Å². The highest BCUT2D eigenvalue weighted by Crippen LogP contribution is 2.27. The van der Waals surface area contributed by atoms with Gasteiger partial charge < -0.3 is 27.0 Å². The Morgan fingerprint density at radius 1 is 1.00 bits per heavy atom. The molecule has 10 heteroatoms. The molecule has 1 heterocycles. The van der Waals surface area contributed by atoms with Gasteiger partial charge in [0.15, 0.2) is 5.96 Å². The SMILES string of the molecule is NC(N)=NCCC[C@@H]1N[C@H](CNC(=O)Cc2ccc(Cl)c(Cl)c2)CCN(CC(c2ccccc2)c2ccccc2)C1=O. The predicted octanol–water partition coefficient (Wildman–Crippen LogP) is 4.10. The Morgan fingerprint density at radius 2 is 1.67 bits per heavy atom. The molecule has 0 spiro atoms. The Kier molecular flexibility index (Phi) is 11.6. The lowest BCUT2D eigenvalue weighted by atomic mass is 9.90. The van der Waals surface area contributed by atoms with E-state index in [1.165, 1.54) is 0 Å². The maximum absolute atomic E-state index is 13.9. The van der Waals surface area contributed by atoms with Gasteiger partial charge in [-0.05, 0) is 48.1 Å². The van der Waals surface area contributed by atoms with Crippen LogP contribution in [-0.2, 0) is 16.0 Å². The summed E-state index contributed by atoms with van der Waals surface area (Å²) in [5.74, 6) is -0.0182. The quantitative estimate of drug-likeness (QED) is 0.140. The highest BCUT2D eigenvalue weighted by molar-refractivity contribution is 6.42. The molecule has 1 aliphatic heterocycles. The van der Waals surface area contributed by atoms with Crippen LogP contribution in [0.2, 0.25) is 10.0 Å². The largest absolute Gasteiger partial charge is 0.370 e. The topological polar surface area (TPSA) is 126 Å². The molecule has 0 bridgehead atoms. The van der Waals surface area contributed by atoms with E-state index in [0.717, 1.165) is 16.7 Å². The molecule has 6 N–H and O–H groups in total. The van der Waals surface area contributed by atoms with E-state index in [4.69, 9.17) is 34.7 Å². The fraction of sp³-hybridized carbons (Fsp3) is 0.344. The summed E-state index contributed by atoms with van der Waals surface area (Å²) >= 11 is 12.1. The van der Waals surface area contributed by atoms with Gasteiger partial charge in [-0.2, -0.15) is 0 Å². The normalized spacial score (nSPS) is 17.1. The van der Waals surface area contributed by atoms with Crippen LogP contribution in [0.1, 0.15) is 41.9 Å². The first-order chi connectivity index (χ1) is 20.3. The molecule has 3 aromatic rings. The summed E-state index contributed by atoms with van der Waals surface area (Å²) in [6, 6.07) is 25.2. The summed E-state index contributed by atoms with van der Waals surface area (Å²) in [6.07, 6.45) is 2.10. The van der Waals surface area contributed by atoms with Crippen molar-refractivity contribution in [3.8, 4) is 0 Å². The number of guanidine groups is 1. The van der Waals surface area contributed by atoms with Crippen LogP contribution in [0.15, 0.2) is 83.9 Å². The second kappa shape index (κ2) is 15.6. The molecular weight excluding hydrogens is 571 g/mol. The number of halogens is 2. The Hall–Kier alpha value is -3.59. The lowest BCUT2D eigenvalue weighted by molar-refractivity contribution is -0.133. The number of nitrogens with zero attached hydrogens (tertiary/aromatic N) is 2. The van der Waals surface area contributed by atoms with Crippen molar-refractivity contribution in [3.63, 3.8) is 0 Å². The first-order valence-corrected chi connectivity index (χ1v) is 15.0. The molecule has 2 atom stereocenters. The molecule has 0 aromatic heterocycles. The van der Waals surface area contributed by atoms with Crippen molar-refractivity contribution in [2.75, 3.05) is 26.2 Å². The van der Waals surface area contributed by atoms with Gasteiger partial charge in [0.1, 0.15) is 0 Å². The van der Waals surface area contributed by atoms with Gasteiger partial charge in [-0.25, -0.2) is 0 Å². The number of rotatable bonds is 12. The summed E-state index contributed by atoms with van der Waals surface area (Å²) in [6.45, 7) is 1.96. The van der Waals surface area contributed by atoms with Crippen LogP contribution in [-0.4, -0.2) is 60.9 Å². The highest BCUT2D eigenvalue weighted by Gasteiger charge is 2.32. The van der Waals surface area contributed by atoms with Crippen molar-refractivity contribution in [1.82, 2.24) is 15.5 Å². The van der Waals surface area contributed by atoms with Crippen molar-refractivity contribution in [2.24, 2.45) is 16.5 Å². The molecule has 222 valence electrons. The van der Waals surface area contributed by atoms with Crippen LogP contribution in [0.3, 0.4) is 0 Å². The second-order valence-corrected chi connectivity index (χ2v) is 11.4. The monoisotopic (exact) mass is 608 g/mol. The number of carbonyl (C=O) groups excluding carboxylic acids is 2. The number of nitrogens with one attached hydrogen (secondary N) is 2. The van der Waals surface area contributed by atoms with E-state index < -0.39 is 6.04 Å². The molecule has 0 saturated carbocycles. The lowest BCUT2D eigenvalue weighted by Crippen LogP contribution is -2.49. The minimum absolute atomic E-state index is 0.0288. The highest BCUT2D eigenvalue weighted by atomic mass is 35.5. The molecule has 2 amide bonds. The zero-order valence-corrected chi connectivity index (χ0v) is 25.0. The van der Waals surface area contributed by atoms with Crippen LogP contribution in [0.25, 0.3) is 0 Å². The summed E-state index contributed by atoms with van der Waals surface area (Å²) in [7, 11) is 0. The molecule has 4 rings (SSSR count). The van der Waals surface area contributed by atoms with Crippen LogP contribution < -0.4 is 22.1 Å². The van der Waals surface area contributed by atoms with Crippen molar-refractivity contribution in [3.05, 3.63) is 106 Å². The number of hydrogen-bond acceptors (Lipinski definition) is 4. The van der Waals surface area contributed by atoms with E-state index in [-0.39, 0.29) is 36.2 Å². The summed E-state index contributed by atoms with van der Waals surface area (Å²) in [5.41, 5.74) is 14.1. The van der Waals surface area contributed by atoms with E-state index in [0.29, 0.717) is 55.5 Å². The number of benzene rings is 3. The molecule has 0 aliphatic carbocycles. The fourth-order valence-corrected chi connectivity index (χ4v) is 5.58. The van der Waals surface area contributed by atoms with E-state index >= 15 is 0 Å². The molecule has 1 fully saturated rings. The molecule has 0 radical (unpaired) electrons. The van der Waals surface area contributed by atoms with Crippen molar-refractivity contribution < 1.29 is 9.59 Å². The van der Waals surface area contributed by atoms with E-state index in [1.54, 1.807) is 18.2 Å². The minimum Gasteiger partial charge on any atom is -0.370 e. The molecule has 42 heavy (non-hydrogen) atoms. The summed E-state index contributed by atoms with van der Waals surface area (Å²) < 4.78 is 0. The predicted molar refractivity (Wildman–Crippen MR) is 170 cm³/mol. The first-order valence-electron chi connectivity index (χ1n) is 14.2. The Morgan fingerprint density at radius 3 is 2.29 bits per heavy atom. The van der Waals surface area contributed by atoms with Gasteiger partial charge in [0.2, 0.25) is 11.8 Å². The fourth-order valence-electron chi connectivity index (χ4n) is 5.26. The molecular formula is C32H38Cl2N6O2. The van der Waals surface area contributed by atoms with Gasteiger partial charge in [-0.1, -0.05) is 89.9 Å². The third-order valence-corrected chi connectivity index (χ3v) is 8.18. The van der Waals surface area contributed by atoms with Gasteiger partial charge >= 0.3 is 0 Å². The summed E-state index contributed by atoms with van der Waals surface area (Å²) in [4.78, 5) is 32.7. The minimum atomic E-state index is -0.425. The van der Waals surface area contributed by atoms with Gasteiger partial charge in [0, 0.05) is 38.1 Å². The summed E-state index contributed by atoms with van der Waals surface area (Å²) in [5, 5.41) is 7.41. The van der Waals surface area contributed by atoms with Crippen molar-refractivity contribution >= 4 is 41.0 Å². The third kappa shape index (κ3) is 9.21. The zero-order valence-electron chi connectivity index (χ0n) is 23.5. The molecule has 1 saturated heterocycles. The van der Waals surface area contributed by atoms with Crippen molar-refractivity contribution in [2.45, 2.75) is 43.7 Å². The van der Waals surface area contributed by atoms with Gasteiger partial charge in [0.25, 0.3) is 0 Å². The van der Waals surface area contributed by atoms with Crippen LogP contribution >= 0.6 is 23.2 Å². The number of hydrogen-bond donors (Lipinski definition) is 4. The average Bonchev–Trinajstić information content (AvgIpc) is 3.13. The molecule has 1 aliphatic rings. The van der Waals surface area contributed by atoms with Crippen LogP contribution in [0, 0.1) is 0 Å². The van der Waals surface area contributed by atoms with Crippen LogP contribution in [0.4, 0.5) is 0 Å². The smallest absolute Gasteiger partial charge is 0.239 e. The van der Waals surface area contributed by atoms with Gasteiger partial charge in [0.05, 0.1) is 22.5 Å². The van der Waals surface area contributed by atoms with E-state index in [9.17, 15) is 9.59 Å². The Bertz CT molecular complexity index is 1310. The molecule has 0 unspecified atom stereocenters. The second-order valence-electron chi connectivity index (χ2n) is 10.5. The maximum Gasteiger partial charge on any atom is 0.239 e. The number of aliphatic imine (C=N–C) groups is 1. The molecule has 8 nitrogen and oxygen atoms in total. The first kappa shape index (κ1) is 31.3. The average molecular weight is 610 g/mol. The Labute approximate surface area is 257 Å². The van der Waals surface area contributed by atoms with Gasteiger partial charge in [-0.3, -0.25) is 14.6 Å². The van der Waals surface area contributed by atoms with Crippen molar-refractivity contribution in [1.29, 1.82) is 0 Å².